The molecular formula is C22H42N2O3. The van der Waals surface area contributed by atoms with Crippen LogP contribution in [0.3, 0.4) is 0 Å². The van der Waals surface area contributed by atoms with Crippen LogP contribution in [0, 0.1) is 10.8 Å². The Balaban J connectivity index is 4.66. The van der Waals surface area contributed by atoms with Gasteiger partial charge in [0, 0.05) is 29.2 Å². The number of carbonyl (C=O) groups is 3. The van der Waals surface area contributed by atoms with Gasteiger partial charge in [0.1, 0.15) is 5.78 Å². The van der Waals surface area contributed by atoms with Gasteiger partial charge in [0.15, 0.2) is 5.78 Å². The molecule has 0 bridgehead atoms. The molecule has 158 valence electrons. The lowest BCUT2D eigenvalue weighted by atomic mass is 9.84. The van der Waals surface area contributed by atoms with E-state index in [1.54, 1.807) is 0 Å². The molecule has 0 rings (SSSR count). The van der Waals surface area contributed by atoms with E-state index < -0.39 is 16.9 Å². The van der Waals surface area contributed by atoms with Crippen molar-refractivity contribution in [2.24, 2.45) is 10.8 Å². The molecule has 1 unspecified atom stereocenters. The standard InChI is InChI=1S/C22H42N2O3/c1-20(2,3)17(25)13-14-18(26)24-16(19(27)21(4,5)6)12-10-11-15-23-22(7,8)9/h16,23H,10-15H2,1-9H3,(H,24,26). The summed E-state index contributed by atoms with van der Waals surface area (Å²) in [6.07, 6.45) is 2.78. The number of hydrogen-bond donors (Lipinski definition) is 2. The highest BCUT2D eigenvalue weighted by Crippen LogP contribution is 2.20. The zero-order chi connectivity index (χ0) is 21.5. The van der Waals surface area contributed by atoms with Crippen molar-refractivity contribution in [3.63, 3.8) is 0 Å². The Hall–Kier alpha value is -1.23. The van der Waals surface area contributed by atoms with Gasteiger partial charge in [0.25, 0.3) is 0 Å². The number of unbranched alkanes of at least 4 members (excludes halogenated alkanes) is 1. The molecule has 27 heavy (non-hydrogen) atoms. The summed E-state index contributed by atoms with van der Waals surface area (Å²) in [4.78, 5) is 37.1. The fourth-order valence-corrected chi connectivity index (χ4v) is 2.60. The molecule has 0 saturated carbocycles. The molecule has 1 atom stereocenters. The summed E-state index contributed by atoms with van der Waals surface area (Å²) in [5, 5.41) is 6.31. The lowest BCUT2D eigenvalue weighted by molar-refractivity contribution is -0.133. The van der Waals surface area contributed by atoms with Crippen LogP contribution in [0.2, 0.25) is 0 Å². The molecule has 0 aliphatic carbocycles. The Bertz CT molecular complexity index is 505. The van der Waals surface area contributed by atoms with Crippen LogP contribution < -0.4 is 10.6 Å². The van der Waals surface area contributed by atoms with Gasteiger partial charge >= 0.3 is 0 Å². The molecule has 0 aliphatic heterocycles. The molecule has 0 aromatic rings. The van der Waals surface area contributed by atoms with Crippen LogP contribution in [0.25, 0.3) is 0 Å². The van der Waals surface area contributed by atoms with E-state index in [0.29, 0.717) is 6.42 Å². The predicted molar refractivity (Wildman–Crippen MR) is 112 cm³/mol. The average Bonchev–Trinajstić information content (AvgIpc) is 2.47. The van der Waals surface area contributed by atoms with Gasteiger partial charge in [-0.15, -0.1) is 0 Å². The summed E-state index contributed by atoms with van der Waals surface area (Å²) in [5.41, 5.74) is -0.877. The Morgan fingerprint density at radius 2 is 1.33 bits per heavy atom. The largest absolute Gasteiger partial charge is 0.346 e. The van der Waals surface area contributed by atoms with E-state index in [4.69, 9.17) is 0 Å². The fraction of sp³-hybridized carbons (Fsp3) is 0.864. The van der Waals surface area contributed by atoms with Gasteiger partial charge in [-0.3, -0.25) is 14.4 Å². The van der Waals surface area contributed by atoms with Crippen molar-refractivity contribution in [2.45, 2.75) is 106 Å². The second-order valence-corrected chi connectivity index (χ2v) is 10.6. The predicted octanol–water partition coefficient (Wildman–Crippen LogP) is 4.04. The number of rotatable bonds is 10. The molecule has 0 fully saturated rings. The van der Waals surface area contributed by atoms with Crippen molar-refractivity contribution < 1.29 is 14.4 Å². The van der Waals surface area contributed by atoms with Gasteiger partial charge in [-0.2, -0.15) is 0 Å². The van der Waals surface area contributed by atoms with Crippen LogP contribution in [-0.4, -0.2) is 35.6 Å². The third-order valence-electron chi connectivity index (χ3n) is 4.38. The highest BCUT2D eigenvalue weighted by molar-refractivity contribution is 5.93. The smallest absolute Gasteiger partial charge is 0.221 e. The molecule has 5 nitrogen and oxygen atoms in total. The summed E-state index contributed by atoms with van der Waals surface area (Å²) >= 11 is 0. The normalized spacial score (nSPS) is 14.0. The maximum absolute atomic E-state index is 12.7. The van der Waals surface area contributed by atoms with Crippen LogP contribution in [0.5, 0.6) is 0 Å². The molecule has 2 N–H and O–H groups in total. The third kappa shape index (κ3) is 12.0. The van der Waals surface area contributed by atoms with Crippen LogP contribution in [-0.2, 0) is 14.4 Å². The Kier molecular flexibility index (Phi) is 9.88. The summed E-state index contributed by atoms with van der Waals surface area (Å²) < 4.78 is 0. The van der Waals surface area contributed by atoms with E-state index >= 15 is 0 Å². The minimum absolute atomic E-state index is 0.0433. The van der Waals surface area contributed by atoms with E-state index in [0.717, 1.165) is 19.4 Å². The molecule has 0 aromatic carbocycles. The summed E-state index contributed by atoms with van der Waals surface area (Å²) in [7, 11) is 0. The Morgan fingerprint density at radius 1 is 0.778 bits per heavy atom. The van der Waals surface area contributed by atoms with Crippen molar-refractivity contribution in [3.05, 3.63) is 0 Å². The molecule has 0 saturated heterocycles. The van der Waals surface area contributed by atoms with Crippen molar-refractivity contribution in [1.29, 1.82) is 0 Å². The van der Waals surface area contributed by atoms with Crippen LogP contribution in [0.1, 0.15) is 94.4 Å². The first-order chi connectivity index (χ1) is 12.0. The van der Waals surface area contributed by atoms with Gasteiger partial charge in [-0.1, -0.05) is 41.5 Å². The highest BCUT2D eigenvalue weighted by atomic mass is 16.2. The number of hydrogen-bond acceptors (Lipinski definition) is 4. The fourth-order valence-electron chi connectivity index (χ4n) is 2.60. The second-order valence-electron chi connectivity index (χ2n) is 10.6. The SMILES string of the molecule is CC(C)(C)NCCCCC(NC(=O)CCC(=O)C(C)(C)C)C(=O)C(C)(C)C. The molecular weight excluding hydrogens is 340 g/mol. The van der Waals surface area contributed by atoms with E-state index in [1.807, 2.05) is 41.5 Å². The van der Waals surface area contributed by atoms with Crippen LogP contribution in [0.15, 0.2) is 0 Å². The van der Waals surface area contributed by atoms with E-state index in [1.165, 1.54) is 0 Å². The maximum atomic E-state index is 12.7. The molecule has 0 aromatic heterocycles. The molecule has 0 radical (unpaired) electrons. The number of Topliss-reactive ketones (excluding diaryl/α,β-unsaturated/α-hetero) is 2. The first-order valence-corrected chi connectivity index (χ1v) is 10.2. The quantitative estimate of drug-likeness (QED) is 0.559. The van der Waals surface area contributed by atoms with Gasteiger partial charge < -0.3 is 10.6 Å². The zero-order valence-corrected chi connectivity index (χ0v) is 19.0. The van der Waals surface area contributed by atoms with Gasteiger partial charge in [-0.25, -0.2) is 0 Å². The van der Waals surface area contributed by atoms with Crippen LogP contribution in [0.4, 0.5) is 0 Å². The number of ketones is 2. The zero-order valence-electron chi connectivity index (χ0n) is 19.0. The van der Waals surface area contributed by atoms with E-state index in [9.17, 15) is 14.4 Å². The van der Waals surface area contributed by atoms with E-state index in [2.05, 4.69) is 31.4 Å². The maximum Gasteiger partial charge on any atom is 0.221 e. The van der Waals surface area contributed by atoms with Crippen molar-refractivity contribution >= 4 is 17.5 Å². The van der Waals surface area contributed by atoms with E-state index in [-0.39, 0.29) is 35.9 Å². The van der Waals surface area contributed by atoms with Crippen molar-refractivity contribution in [2.75, 3.05) is 6.54 Å². The monoisotopic (exact) mass is 382 g/mol. The topological polar surface area (TPSA) is 75.3 Å². The van der Waals surface area contributed by atoms with Gasteiger partial charge in [-0.05, 0) is 46.6 Å². The number of amides is 1. The highest BCUT2D eigenvalue weighted by Gasteiger charge is 2.30. The first kappa shape index (κ1) is 25.8. The Morgan fingerprint density at radius 3 is 1.78 bits per heavy atom. The number of carbonyl (C=O) groups excluding carboxylic acids is 3. The summed E-state index contributed by atoms with van der Waals surface area (Å²) in [6, 6.07) is -0.489. The summed E-state index contributed by atoms with van der Waals surface area (Å²) in [6.45, 7) is 18.4. The third-order valence-corrected chi connectivity index (χ3v) is 4.38. The lowest BCUT2D eigenvalue weighted by Gasteiger charge is -2.26. The Labute approximate surface area is 166 Å². The molecule has 0 spiro atoms. The minimum Gasteiger partial charge on any atom is -0.346 e. The minimum atomic E-state index is -0.511. The van der Waals surface area contributed by atoms with Gasteiger partial charge in [0.05, 0.1) is 6.04 Å². The summed E-state index contributed by atoms with van der Waals surface area (Å²) in [5.74, 6) is -0.116. The van der Waals surface area contributed by atoms with Crippen molar-refractivity contribution in [1.82, 2.24) is 10.6 Å². The molecule has 0 aliphatic rings. The molecule has 1 amide bonds. The van der Waals surface area contributed by atoms with Crippen LogP contribution >= 0.6 is 0 Å². The second kappa shape index (κ2) is 10.4. The first-order valence-electron chi connectivity index (χ1n) is 10.2. The molecule has 0 heterocycles. The molecule has 5 heteroatoms. The van der Waals surface area contributed by atoms with Crippen molar-refractivity contribution in [3.8, 4) is 0 Å². The lowest BCUT2D eigenvalue weighted by Crippen LogP contribution is -2.46. The average molecular weight is 383 g/mol. The van der Waals surface area contributed by atoms with Gasteiger partial charge in [0.2, 0.25) is 5.91 Å². The number of nitrogens with one attached hydrogen (secondary N) is 2.